The number of rotatable bonds is 7. The summed E-state index contributed by atoms with van der Waals surface area (Å²) < 4.78 is 0. The van der Waals surface area contributed by atoms with Crippen LogP contribution in [0.15, 0.2) is 48.5 Å². The first-order valence-corrected chi connectivity index (χ1v) is 8.10. The normalized spacial score (nSPS) is 10.1. The lowest BCUT2D eigenvalue weighted by Gasteiger charge is -2.10. The van der Waals surface area contributed by atoms with Gasteiger partial charge in [-0.25, -0.2) is 0 Å². The highest BCUT2D eigenvalue weighted by Crippen LogP contribution is 2.14. The summed E-state index contributed by atoms with van der Waals surface area (Å²) in [4.78, 5) is 23.7. The Labute approximate surface area is 146 Å². The third-order valence-electron chi connectivity index (χ3n) is 3.35. The monoisotopic (exact) mass is 345 g/mol. The maximum Gasteiger partial charge on any atom is 0.251 e. The highest BCUT2D eigenvalue weighted by molar-refractivity contribution is 6.31. The molecule has 0 bridgehead atoms. The summed E-state index contributed by atoms with van der Waals surface area (Å²) in [6.07, 6.45) is 0. The van der Waals surface area contributed by atoms with Gasteiger partial charge in [-0.05, 0) is 36.8 Å². The minimum Gasteiger partial charge on any atom is -0.376 e. The summed E-state index contributed by atoms with van der Waals surface area (Å²) in [5, 5.41) is 9.17. The van der Waals surface area contributed by atoms with E-state index in [0.29, 0.717) is 29.4 Å². The van der Waals surface area contributed by atoms with Crippen molar-refractivity contribution in [3.8, 4) is 0 Å². The number of carbonyl (C=O) groups excluding carboxylic acids is 2. The average molecular weight is 346 g/mol. The minimum atomic E-state index is -0.154. The van der Waals surface area contributed by atoms with E-state index in [4.69, 9.17) is 11.6 Å². The van der Waals surface area contributed by atoms with Gasteiger partial charge in [0.25, 0.3) is 5.91 Å². The van der Waals surface area contributed by atoms with Gasteiger partial charge in [-0.3, -0.25) is 9.59 Å². The number of hydrogen-bond donors (Lipinski definition) is 3. The summed E-state index contributed by atoms with van der Waals surface area (Å²) in [7, 11) is 0. The largest absolute Gasteiger partial charge is 0.376 e. The van der Waals surface area contributed by atoms with Crippen LogP contribution in [-0.2, 0) is 11.3 Å². The summed E-state index contributed by atoms with van der Waals surface area (Å²) in [6.45, 7) is 2.92. The van der Waals surface area contributed by atoms with E-state index in [2.05, 4.69) is 16.0 Å². The molecule has 3 N–H and O–H groups in total. The number of anilines is 1. The van der Waals surface area contributed by atoms with Crippen LogP contribution in [-0.4, -0.2) is 24.9 Å². The highest BCUT2D eigenvalue weighted by atomic mass is 35.5. The van der Waals surface area contributed by atoms with Gasteiger partial charge >= 0.3 is 0 Å². The first-order valence-electron chi connectivity index (χ1n) is 7.72. The van der Waals surface area contributed by atoms with Crippen molar-refractivity contribution in [3.63, 3.8) is 0 Å². The molecular formula is C18H20ClN3O2. The quantitative estimate of drug-likeness (QED) is 0.722. The lowest BCUT2D eigenvalue weighted by molar-refractivity contribution is -0.119. The molecule has 0 aliphatic heterocycles. The second-order valence-electron chi connectivity index (χ2n) is 5.16. The van der Waals surface area contributed by atoms with E-state index in [1.54, 1.807) is 24.3 Å². The molecule has 6 heteroatoms. The van der Waals surface area contributed by atoms with E-state index in [1.807, 2.05) is 31.2 Å². The Morgan fingerprint density at radius 3 is 2.58 bits per heavy atom. The Hall–Kier alpha value is -2.53. The predicted molar refractivity (Wildman–Crippen MR) is 96.2 cm³/mol. The Morgan fingerprint density at radius 2 is 1.83 bits per heavy atom. The van der Waals surface area contributed by atoms with Gasteiger partial charge < -0.3 is 16.0 Å². The van der Waals surface area contributed by atoms with Crippen LogP contribution >= 0.6 is 11.6 Å². The Bertz CT molecular complexity index is 719. The second kappa shape index (κ2) is 8.93. The van der Waals surface area contributed by atoms with Crippen molar-refractivity contribution in [1.82, 2.24) is 10.6 Å². The van der Waals surface area contributed by atoms with Gasteiger partial charge in [0.2, 0.25) is 5.91 Å². The standard InChI is InChI=1S/C18H20ClN3O2/c1-2-20-18(24)13-7-5-8-15(10-13)21-12-17(23)22-11-14-6-3-4-9-16(14)19/h3-10,21H,2,11-12H2,1H3,(H,20,24)(H,22,23). The molecule has 24 heavy (non-hydrogen) atoms. The van der Waals surface area contributed by atoms with Crippen molar-refractivity contribution in [1.29, 1.82) is 0 Å². The van der Waals surface area contributed by atoms with E-state index in [9.17, 15) is 9.59 Å². The number of carbonyl (C=O) groups is 2. The Kier molecular flexibility index (Phi) is 6.63. The van der Waals surface area contributed by atoms with Crippen LogP contribution in [0.3, 0.4) is 0 Å². The van der Waals surface area contributed by atoms with Crippen LogP contribution in [0.1, 0.15) is 22.8 Å². The van der Waals surface area contributed by atoms with Gasteiger partial charge in [0.15, 0.2) is 0 Å². The third-order valence-corrected chi connectivity index (χ3v) is 3.72. The zero-order valence-corrected chi connectivity index (χ0v) is 14.2. The first-order chi connectivity index (χ1) is 11.6. The number of hydrogen-bond acceptors (Lipinski definition) is 3. The molecule has 0 radical (unpaired) electrons. The van der Waals surface area contributed by atoms with Crippen LogP contribution in [0.5, 0.6) is 0 Å². The van der Waals surface area contributed by atoms with Gasteiger partial charge in [0.1, 0.15) is 0 Å². The zero-order valence-electron chi connectivity index (χ0n) is 13.4. The summed E-state index contributed by atoms with van der Waals surface area (Å²) in [5.74, 6) is -0.289. The van der Waals surface area contributed by atoms with E-state index in [-0.39, 0.29) is 18.4 Å². The van der Waals surface area contributed by atoms with Crippen LogP contribution in [0, 0.1) is 0 Å². The number of amides is 2. The van der Waals surface area contributed by atoms with E-state index < -0.39 is 0 Å². The molecule has 0 saturated heterocycles. The summed E-state index contributed by atoms with van der Waals surface area (Å²) >= 11 is 6.05. The molecule has 0 aliphatic carbocycles. The maximum atomic E-state index is 11.9. The van der Waals surface area contributed by atoms with E-state index >= 15 is 0 Å². The fourth-order valence-corrected chi connectivity index (χ4v) is 2.32. The van der Waals surface area contributed by atoms with Crippen LogP contribution in [0.2, 0.25) is 5.02 Å². The summed E-state index contributed by atoms with van der Waals surface area (Å²) in [6, 6.07) is 14.4. The van der Waals surface area contributed by atoms with E-state index in [0.717, 1.165) is 5.56 Å². The zero-order chi connectivity index (χ0) is 17.4. The molecule has 2 amide bonds. The number of benzene rings is 2. The van der Waals surface area contributed by atoms with Gasteiger partial charge in [-0.2, -0.15) is 0 Å². The lowest BCUT2D eigenvalue weighted by Crippen LogP contribution is -2.29. The highest BCUT2D eigenvalue weighted by Gasteiger charge is 2.06. The second-order valence-corrected chi connectivity index (χ2v) is 5.57. The minimum absolute atomic E-state index is 0.114. The molecule has 2 rings (SSSR count). The predicted octanol–water partition coefficient (Wildman–Crippen LogP) is 2.82. The van der Waals surface area contributed by atoms with Crippen molar-refractivity contribution < 1.29 is 9.59 Å². The molecule has 0 atom stereocenters. The molecule has 0 unspecified atom stereocenters. The third kappa shape index (κ3) is 5.28. The number of halogens is 1. The van der Waals surface area contributed by atoms with Crippen molar-refractivity contribution in [3.05, 3.63) is 64.7 Å². The van der Waals surface area contributed by atoms with E-state index in [1.165, 1.54) is 0 Å². The molecule has 0 aromatic heterocycles. The molecule has 0 aliphatic rings. The smallest absolute Gasteiger partial charge is 0.251 e. The fraction of sp³-hybridized carbons (Fsp3) is 0.222. The van der Waals surface area contributed by atoms with Gasteiger partial charge in [-0.15, -0.1) is 0 Å². The van der Waals surface area contributed by atoms with Crippen molar-refractivity contribution >= 4 is 29.1 Å². The van der Waals surface area contributed by atoms with Gasteiger partial charge in [-0.1, -0.05) is 35.9 Å². The molecule has 126 valence electrons. The first kappa shape index (κ1) is 17.8. The van der Waals surface area contributed by atoms with Crippen molar-refractivity contribution in [2.24, 2.45) is 0 Å². The van der Waals surface area contributed by atoms with Gasteiger partial charge in [0, 0.05) is 29.4 Å². The summed E-state index contributed by atoms with van der Waals surface area (Å²) in [5.41, 5.74) is 2.13. The van der Waals surface area contributed by atoms with Crippen LogP contribution in [0.25, 0.3) is 0 Å². The maximum absolute atomic E-state index is 11.9. The van der Waals surface area contributed by atoms with Gasteiger partial charge in [0.05, 0.1) is 6.54 Å². The Morgan fingerprint density at radius 1 is 1.04 bits per heavy atom. The molecule has 5 nitrogen and oxygen atoms in total. The molecule has 0 fully saturated rings. The topological polar surface area (TPSA) is 70.2 Å². The van der Waals surface area contributed by atoms with Crippen molar-refractivity contribution in [2.45, 2.75) is 13.5 Å². The molecule has 2 aromatic rings. The SMILES string of the molecule is CCNC(=O)c1cccc(NCC(=O)NCc2ccccc2Cl)c1. The van der Waals surface area contributed by atoms with Crippen molar-refractivity contribution in [2.75, 3.05) is 18.4 Å². The van der Waals surface area contributed by atoms with Crippen LogP contribution < -0.4 is 16.0 Å². The molecule has 0 heterocycles. The molecular weight excluding hydrogens is 326 g/mol. The van der Waals surface area contributed by atoms with Crippen LogP contribution in [0.4, 0.5) is 5.69 Å². The number of nitrogens with one attached hydrogen (secondary N) is 3. The lowest BCUT2D eigenvalue weighted by atomic mass is 10.2. The molecule has 0 spiro atoms. The average Bonchev–Trinajstić information content (AvgIpc) is 2.60. The fourth-order valence-electron chi connectivity index (χ4n) is 2.11. The Balaban J connectivity index is 1.84. The molecule has 0 saturated carbocycles. The molecule has 2 aromatic carbocycles.